The van der Waals surface area contributed by atoms with Gasteiger partial charge in [-0.2, -0.15) is 0 Å². The molecule has 0 aliphatic heterocycles. The maximum absolute atomic E-state index is 10.6. The van der Waals surface area contributed by atoms with Gasteiger partial charge in [0, 0.05) is 6.04 Å². The fourth-order valence-corrected chi connectivity index (χ4v) is 0.633. The first-order chi connectivity index (χ1) is 5.33. The van der Waals surface area contributed by atoms with Crippen molar-refractivity contribution in [2.24, 2.45) is 0 Å². The monoisotopic (exact) mass is 177 g/mol. The van der Waals surface area contributed by atoms with Crippen molar-refractivity contribution in [3.8, 4) is 0 Å². The van der Waals surface area contributed by atoms with Gasteiger partial charge in [-0.15, -0.1) is 0 Å². The number of hydrogen-bond donors (Lipinski definition) is 1. The van der Waals surface area contributed by atoms with Gasteiger partial charge in [0.2, 0.25) is 6.79 Å². The van der Waals surface area contributed by atoms with E-state index in [9.17, 15) is 9.36 Å². The van der Waals surface area contributed by atoms with E-state index in [1.807, 2.05) is 0 Å². The summed E-state index contributed by atoms with van der Waals surface area (Å²) in [6.07, 6.45) is 1.50. The summed E-state index contributed by atoms with van der Waals surface area (Å²) in [5.74, 6) is 0. The molecule has 1 aliphatic rings. The predicted molar refractivity (Wildman–Crippen MR) is 36.2 cm³/mol. The van der Waals surface area contributed by atoms with Crippen LogP contribution in [-0.2, 0) is 13.8 Å². The average molecular weight is 177 g/mol. The lowest BCUT2D eigenvalue weighted by atomic mass is 10.7. The molecule has 0 saturated heterocycles. The number of nitrogens with one attached hydrogen (secondary N) is 1. The second-order valence-corrected chi connectivity index (χ2v) is 2.58. The third-order valence-electron chi connectivity index (χ3n) is 1.19. The molecule has 1 amide bonds. The van der Waals surface area contributed by atoms with Crippen LogP contribution in [0.1, 0.15) is 12.8 Å². The Morgan fingerprint density at radius 1 is 1.64 bits per heavy atom. The molecule has 5 nitrogen and oxygen atoms in total. The third-order valence-corrected chi connectivity index (χ3v) is 1.41. The van der Waals surface area contributed by atoms with E-state index in [1.54, 1.807) is 0 Å². The minimum absolute atomic E-state index is 0.271. The smallest absolute Gasteiger partial charge is 0.409 e. The van der Waals surface area contributed by atoms with Crippen LogP contribution in [0.3, 0.4) is 0 Å². The van der Waals surface area contributed by atoms with Crippen LogP contribution in [0.2, 0.25) is 0 Å². The Kier molecular flexibility index (Phi) is 3.26. The predicted octanol–water partition coefficient (Wildman–Crippen LogP) is 1.06. The van der Waals surface area contributed by atoms with Crippen molar-refractivity contribution in [2.45, 2.75) is 18.9 Å². The molecule has 0 radical (unpaired) electrons. The van der Waals surface area contributed by atoms with E-state index < -0.39 is 14.8 Å². The summed E-state index contributed by atoms with van der Waals surface area (Å²) < 4.78 is 18.4. The third kappa shape index (κ3) is 3.91. The van der Waals surface area contributed by atoms with E-state index in [0.717, 1.165) is 12.8 Å². The van der Waals surface area contributed by atoms with Crippen LogP contribution >= 0.6 is 8.69 Å². The molecule has 0 atom stereocenters. The highest BCUT2D eigenvalue weighted by Crippen LogP contribution is 2.18. The first kappa shape index (κ1) is 8.43. The van der Waals surface area contributed by atoms with Crippen molar-refractivity contribution in [3.63, 3.8) is 0 Å². The lowest BCUT2D eigenvalue weighted by Crippen LogP contribution is -2.26. The summed E-state index contributed by atoms with van der Waals surface area (Å²) in [5, 5.41) is 2.57. The first-order valence-corrected chi connectivity index (χ1v) is 3.94. The number of hydrogen-bond acceptors (Lipinski definition) is 4. The SMILES string of the molecule is O=POCOC(=O)NC1CC1. The first-order valence-electron chi connectivity index (χ1n) is 3.21. The van der Waals surface area contributed by atoms with Crippen molar-refractivity contribution >= 4 is 14.8 Å². The molecule has 11 heavy (non-hydrogen) atoms. The maximum atomic E-state index is 10.6. The molecule has 1 rings (SSSR count). The molecule has 1 saturated carbocycles. The Balaban J connectivity index is 1.95. The zero-order chi connectivity index (χ0) is 8.10. The molecular weight excluding hydrogens is 169 g/mol. The fraction of sp³-hybridized carbons (Fsp3) is 0.800. The zero-order valence-corrected chi connectivity index (χ0v) is 6.67. The molecule has 0 unspecified atom stereocenters. The van der Waals surface area contributed by atoms with Crippen molar-refractivity contribution < 1.29 is 18.6 Å². The van der Waals surface area contributed by atoms with Gasteiger partial charge in [-0.05, 0) is 12.8 Å². The Morgan fingerprint density at radius 3 is 2.91 bits per heavy atom. The van der Waals surface area contributed by atoms with E-state index in [1.165, 1.54) is 0 Å². The molecular formula is C5H8NO4P. The molecule has 0 heterocycles. The summed E-state index contributed by atoms with van der Waals surface area (Å²) in [6, 6.07) is 0.271. The van der Waals surface area contributed by atoms with E-state index in [4.69, 9.17) is 0 Å². The normalized spacial score (nSPS) is 16.4. The van der Waals surface area contributed by atoms with E-state index in [0.29, 0.717) is 0 Å². The van der Waals surface area contributed by atoms with Crippen molar-refractivity contribution in [2.75, 3.05) is 6.79 Å². The zero-order valence-electron chi connectivity index (χ0n) is 5.78. The fourth-order valence-electron chi connectivity index (χ4n) is 0.537. The van der Waals surface area contributed by atoms with Crippen molar-refractivity contribution in [1.29, 1.82) is 0 Å². The van der Waals surface area contributed by atoms with Crippen LogP contribution in [-0.4, -0.2) is 18.9 Å². The van der Waals surface area contributed by atoms with Crippen LogP contribution in [0.25, 0.3) is 0 Å². The molecule has 6 heteroatoms. The largest absolute Gasteiger partial charge is 0.421 e. The molecule has 0 bridgehead atoms. The highest BCUT2D eigenvalue weighted by Gasteiger charge is 2.23. The van der Waals surface area contributed by atoms with Crippen molar-refractivity contribution in [1.82, 2.24) is 5.32 Å². The Labute approximate surface area is 65.3 Å². The van der Waals surface area contributed by atoms with E-state index >= 15 is 0 Å². The second kappa shape index (κ2) is 4.26. The van der Waals surface area contributed by atoms with Gasteiger partial charge in [-0.3, -0.25) is 4.52 Å². The summed E-state index contributed by atoms with van der Waals surface area (Å²) in [7, 11) is -0.482. The Bertz CT molecular complexity index is 159. The summed E-state index contributed by atoms with van der Waals surface area (Å²) in [5.41, 5.74) is 0. The molecule has 0 aromatic rings. The number of alkyl carbamates (subject to hydrolysis) is 1. The van der Waals surface area contributed by atoms with Crippen molar-refractivity contribution in [3.05, 3.63) is 0 Å². The van der Waals surface area contributed by atoms with Gasteiger partial charge in [0.15, 0.2) is 0 Å². The van der Waals surface area contributed by atoms with Crippen LogP contribution < -0.4 is 5.32 Å². The summed E-state index contributed by atoms with van der Waals surface area (Å²) >= 11 is 0. The van der Waals surface area contributed by atoms with Gasteiger partial charge in [0.1, 0.15) is 0 Å². The molecule has 62 valence electrons. The van der Waals surface area contributed by atoms with Gasteiger partial charge < -0.3 is 10.1 Å². The number of carbonyl (C=O) groups is 1. The standard InChI is InChI=1S/C5H8NO4P/c7-5(6-4-1-2-4)9-3-10-11-8/h4H,1-3H2,(H,6,7). The summed E-state index contributed by atoms with van der Waals surface area (Å²) in [4.78, 5) is 10.6. The van der Waals surface area contributed by atoms with E-state index in [2.05, 4.69) is 14.6 Å². The molecule has 1 N–H and O–H groups in total. The van der Waals surface area contributed by atoms with Gasteiger partial charge in [0.05, 0.1) is 0 Å². The topological polar surface area (TPSA) is 64.6 Å². The van der Waals surface area contributed by atoms with Gasteiger partial charge in [-0.25, -0.2) is 9.36 Å². The second-order valence-electron chi connectivity index (χ2n) is 2.17. The minimum Gasteiger partial charge on any atom is -0.421 e. The molecule has 0 spiro atoms. The van der Waals surface area contributed by atoms with Crippen LogP contribution in [0.4, 0.5) is 4.79 Å². The highest BCUT2D eigenvalue weighted by atomic mass is 31.1. The van der Waals surface area contributed by atoms with Gasteiger partial charge in [0.25, 0.3) is 0 Å². The van der Waals surface area contributed by atoms with E-state index in [-0.39, 0.29) is 12.8 Å². The number of ether oxygens (including phenoxy) is 1. The number of amides is 1. The van der Waals surface area contributed by atoms with Gasteiger partial charge in [-0.1, -0.05) is 0 Å². The summed E-state index contributed by atoms with van der Waals surface area (Å²) in [6.45, 7) is -0.274. The number of rotatable bonds is 4. The number of carbonyl (C=O) groups excluding carboxylic acids is 1. The molecule has 1 aliphatic carbocycles. The minimum atomic E-state index is -0.517. The molecule has 0 aromatic carbocycles. The Hall–Kier alpha value is -0.670. The lowest BCUT2D eigenvalue weighted by Gasteiger charge is -2.01. The highest BCUT2D eigenvalue weighted by molar-refractivity contribution is 7.17. The molecule has 1 fully saturated rings. The van der Waals surface area contributed by atoms with Crippen LogP contribution in [0.5, 0.6) is 0 Å². The Morgan fingerprint density at radius 2 is 2.36 bits per heavy atom. The molecule has 0 aromatic heterocycles. The van der Waals surface area contributed by atoms with Gasteiger partial charge >= 0.3 is 14.8 Å². The van der Waals surface area contributed by atoms with Crippen LogP contribution in [0.15, 0.2) is 0 Å². The van der Waals surface area contributed by atoms with Crippen LogP contribution in [0, 0.1) is 0 Å². The average Bonchev–Trinajstić information content (AvgIpc) is 2.72. The maximum Gasteiger partial charge on any atom is 0.409 e. The lowest BCUT2D eigenvalue weighted by molar-refractivity contribution is 0.0672. The quantitative estimate of drug-likeness (QED) is 0.396.